The Morgan fingerprint density at radius 1 is 1.27 bits per heavy atom. The Bertz CT molecular complexity index is 370. The summed E-state index contributed by atoms with van der Waals surface area (Å²) in [6, 6.07) is 0. The molecule has 0 bridgehead atoms. The molecule has 0 aromatic carbocycles. The van der Waals surface area contributed by atoms with Crippen LogP contribution >= 0.6 is 10.9 Å². The minimum Gasteiger partial charge on any atom is -0.465 e. The highest BCUT2D eigenvalue weighted by atomic mass is 32.2. The van der Waals surface area contributed by atoms with Gasteiger partial charge in [-0.2, -0.15) is 10.9 Å². The summed E-state index contributed by atoms with van der Waals surface area (Å²) >= 11 is 0. The van der Waals surface area contributed by atoms with Gasteiger partial charge in [0.05, 0.1) is 12.1 Å². The Morgan fingerprint density at radius 3 is 2.20 bits per heavy atom. The number of rotatable bonds is 3. The van der Waals surface area contributed by atoms with Crippen molar-refractivity contribution in [1.82, 2.24) is 0 Å². The van der Waals surface area contributed by atoms with Crippen LogP contribution in [-0.2, 0) is 14.3 Å². The Morgan fingerprint density at radius 2 is 1.80 bits per heavy atom. The number of ether oxygens (including phenoxy) is 1. The van der Waals surface area contributed by atoms with Crippen LogP contribution in [0.3, 0.4) is 0 Å². The number of allylic oxidation sites excluding steroid dienone is 2. The molecule has 2 N–H and O–H groups in total. The number of hydrogen-bond donors (Lipinski definition) is 2. The maximum Gasteiger partial charge on any atom is 0.344 e. The van der Waals surface area contributed by atoms with Gasteiger partial charge in [-0.05, 0) is 17.7 Å². The maximum atomic E-state index is 11.3. The van der Waals surface area contributed by atoms with Crippen LogP contribution in [0.15, 0.2) is 33.6 Å². The molecule has 1 aliphatic heterocycles. The van der Waals surface area contributed by atoms with Crippen molar-refractivity contribution in [2.75, 3.05) is 7.11 Å². The first kappa shape index (κ1) is 11.6. The average molecular weight is 227 g/mol. The predicted molar refractivity (Wildman–Crippen MR) is 61.2 cm³/mol. The summed E-state index contributed by atoms with van der Waals surface area (Å²) in [7, 11) is 0.387. The summed E-state index contributed by atoms with van der Waals surface area (Å²) in [5.74, 6) is -1.04. The van der Waals surface area contributed by atoms with Crippen LogP contribution in [0.25, 0.3) is 0 Å². The fourth-order valence-electron chi connectivity index (χ4n) is 1.15. The molecule has 1 rings (SSSR count). The first-order valence-corrected chi connectivity index (χ1v) is 5.78. The quantitative estimate of drug-likeness (QED) is 0.248. The summed E-state index contributed by atoms with van der Waals surface area (Å²) in [6.45, 7) is 1.30. The summed E-state index contributed by atoms with van der Waals surface area (Å²) in [6.07, 6.45) is 3.68. The molecule has 0 fully saturated rings. The second-order valence-electron chi connectivity index (χ2n) is 2.90. The molecule has 0 saturated carbocycles. The number of hydrogen-bond acceptors (Lipinski definition) is 4. The van der Waals surface area contributed by atoms with E-state index in [0.29, 0.717) is 5.03 Å². The second-order valence-corrected chi connectivity index (χ2v) is 4.79. The zero-order chi connectivity index (χ0) is 11.4. The second kappa shape index (κ2) is 4.84. The molecule has 0 aromatic rings. The third-order valence-corrected chi connectivity index (χ3v) is 3.65. The molecule has 1 heterocycles. The topological polar surface area (TPSA) is 69.4 Å². The lowest BCUT2D eigenvalue weighted by Crippen LogP contribution is -2.17. The van der Waals surface area contributed by atoms with E-state index in [1.165, 1.54) is 14.0 Å². The molecule has 0 saturated heterocycles. The Hall–Kier alpha value is -1.49. The number of carbonyl (C=O) groups is 2. The first-order valence-electron chi connectivity index (χ1n) is 4.30. The molecule has 0 aromatic heterocycles. The molecule has 1 aliphatic rings. The third kappa shape index (κ3) is 2.50. The monoisotopic (exact) mass is 227 g/mol. The van der Waals surface area contributed by atoms with Crippen molar-refractivity contribution in [3.05, 3.63) is 33.6 Å². The number of ketones is 1. The molecular formula is C10H13NO3S. The zero-order valence-corrected chi connectivity index (χ0v) is 9.45. The minimum atomic E-state index is -0.842. The molecule has 0 spiro atoms. The number of esters is 1. The van der Waals surface area contributed by atoms with E-state index in [2.05, 4.69) is 4.74 Å². The van der Waals surface area contributed by atoms with Crippen LogP contribution in [0.1, 0.15) is 6.92 Å². The fourth-order valence-corrected chi connectivity index (χ4v) is 2.65. The SMILES string of the molecule is COC(=O)C(C(C)=O)=C(N)[SH]1C=CC=C1. The van der Waals surface area contributed by atoms with Gasteiger partial charge in [-0.15, -0.1) is 0 Å². The Balaban J connectivity index is 3.09. The van der Waals surface area contributed by atoms with Crippen LogP contribution in [0.4, 0.5) is 0 Å². The number of carbonyl (C=O) groups excluding carboxylic acids is 2. The summed E-state index contributed by atoms with van der Waals surface area (Å²) in [5, 5.41) is 4.04. The van der Waals surface area contributed by atoms with Gasteiger partial charge in [0.2, 0.25) is 0 Å². The standard InChI is InChI=1S/C10H13NO3S/c1-7(12)8(10(13)14-2)9(11)15-5-3-4-6-15/h3-6,15H,11H2,1-2H3. The van der Waals surface area contributed by atoms with Crippen LogP contribution in [0.5, 0.6) is 0 Å². The van der Waals surface area contributed by atoms with Crippen molar-refractivity contribution in [3.8, 4) is 0 Å². The van der Waals surface area contributed by atoms with Gasteiger partial charge < -0.3 is 10.5 Å². The normalized spacial score (nSPS) is 17.6. The van der Waals surface area contributed by atoms with Crippen molar-refractivity contribution >= 4 is 22.6 Å². The van der Waals surface area contributed by atoms with Crippen molar-refractivity contribution in [3.63, 3.8) is 0 Å². The van der Waals surface area contributed by atoms with Crippen LogP contribution in [0.2, 0.25) is 0 Å². The lowest BCUT2D eigenvalue weighted by atomic mass is 10.2. The highest BCUT2D eigenvalue weighted by Gasteiger charge is 2.21. The van der Waals surface area contributed by atoms with E-state index in [4.69, 9.17) is 5.73 Å². The van der Waals surface area contributed by atoms with Crippen molar-refractivity contribution < 1.29 is 14.3 Å². The minimum absolute atomic E-state index is 0.0418. The van der Waals surface area contributed by atoms with Gasteiger partial charge in [-0.1, -0.05) is 12.2 Å². The van der Waals surface area contributed by atoms with Gasteiger partial charge in [-0.3, -0.25) is 4.79 Å². The largest absolute Gasteiger partial charge is 0.465 e. The molecular weight excluding hydrogens is 214 g/mol. The van der Waals surface area contributed by atoms with Crippen molar-refractivity contribution in [2.24, 2.45) is 5.73 Å². The lowest BCUT2D eigenvalue weighted by Gasteiger charge is -2.13. The molecule has 0 amide bonds. The molecule has 4 nitrogen and oxygen atoms in total. The fraction of sp³-hybridized carbons (Fsp3) is 0.200. The van der Waals surface area contributed by atoms with Crippen molar-refractivity contribution in [2.45, 2.75) is 6.92 Å². The van der Waals surface area contributed by atoms with Crippen LogP contribution < -0.4 is 5.73 Å². The Labute approximate surface area is 90.8 Å². The average Bonchev–Trinajstić information content (AvgIpc) is 2.69. The van der Waals surface area contributed by atoms with Gasteiger partial charge in [-0.25, -0.2) is 4.79 Å². The van der Waals surface area contributed by atoms with E-state index < -0.39 is 16.9 Å². The van der Waals surface area contributed by atoms with E-state index >= 15 is 0 Å². The summed E-state index contributed by atoms with van der Waals surface area (Å²) < 4.78 is 4.52. The number of methoxy groups -OCH3 is 1. The summed E-state index contributed by atoms with van der Waals surface area (Å²) in [5.41, 5.74) is 5.74. The van der Waals surface area contributed by atoms with Gasteiger partial charge in [0.15, 0.2) is 5.78 Å². The molecule has 82 valence electrons. The molecule has 5 heteroatoms. The van der Waals surface area contributed by atoms with Gasteiger partial charge >= 0.3 is 5.97 Å². The van der Waals surface area contributed by atoms with E-state index in [0.717, 1.165) is 0 Å². The van der Waals surface area contributed by atoms with Gasteiger partial charge in [0.1, 0.15) is 5.57 Å². The van der Waals surface area contributed by atoms with Gasteiger partial charge in [0, 0.05) is 0 Å². The zero-order valence-electron chi connectivity index (χ0n) is 8.56. The highest BCUT2D eigenvalue weighted by Crippen LogP contribution is 2.40. The van der Waals surface area contributed by atoms with E-state index in [1.54, 1.807) is 0 Å². The summed E-state index contributed by atoms with van der Waals surface area (Å²) in [4.78, 5) is 22.6. The lowest BCUT2D eigenvalue weighted by molar-refractivity contribution is -0.137. The third-order valence-electron chi connectivity index (χ3n) is 1.88. The number of thiol groups is 1. The molecule has 15 heavy (non-hydrogen) atoms. The molecule has 0 radical (unpaired) electrons. The predicted octanol–water partition coefficient (Wildman–Crippen LogP) is 0.961. The maximum absolute atomic E-state index is 11.3. The number of Topliss-reactive ketones (excluding diaryl/α,β-unsaturated/α-hetero) is 1. The smallest absolute Gasteiger partial charge is 0.344 e. The first-order chi connectivity index (χ1) is 7.07. The van der Waals surface area contributed by atoms with E-state index in [1.807, 2.05) is 23.0 Å². The van der Waals surface area contributed by atoms with Crippen LogP contribution in [-0.4, -0.2) is 18.9 Å². The molecule has 0 unspecified atom stereocenters. The molecule has 0 aliphatic carbocycles. The van der Waals surface area contributed by atoms with Crippen LogP contribution in [0, 0.1) is 0 Å². The molecule has 0 atom stereocenters. The van der Waals surface area contributed by atoms with E-state index in [-0.39, 0.29) is 11.4 Å². The van der Waals surface area contributed by atoms with Crippen molar-refractivity contribution in [1.29, 1.82) is 0 Å². The Kier molecular flexibility index (Phi) is 3.74. The number of nitrogens with two attached hydrogens (primary N) is 1. The highest BCUT2D eigenvalue weighted by molar-refractivity contribution is 8.25. The van der Waals surface area contributed by atoms with Gasteiger partial charge in [0.25, 0.3) is 0 Å². The van der Waals surface area contributed by atoms with E-state index in [9.17, 15) is 9.59 Å².